The Kier molecular flexibility index (Phi) is 6.37. The number of likely N-dealkylation sites (N-methyl/N-ethyl adjacent to an activating group) is 1. The summed E-state index contributed by atoms with van der Waals surface area (Å²) in [5.74, 6) is -0.709. The van der Waals surface area contributed by atoms with Gasteiger partial charge < -0.3 is 16.0 Å². The minimum atomic E-state index is -4.48. The molecule has 0 spiro atoms. The van der Waals surface area contributed by atoms with Crippen molar-refractivity contribution in [1.82, 2.24) is 9.55 Å². The number of carbonyl (C=O) groups excluding carboxylic acids is 1. The first kappa shape index (κ1) is 22.7. The molecular formula is C21H20F3N5O3. The molecule has 8 nitrogen and oxygen atoms in total. The number of halogens is 3. The van der Waals surface area contributed by atoms with Gasteiger partial charge in [0, 0.05) is 12.7 Å². The number of nitrogens with two attached hydrogens (primary N) is 1. The summed E-state index contributed by atoms with van der Waals surface area (Å²) in [6, 6.07) is 12.9. The van der Waals surface area contributed by atoms with Crippen LogP contribution in [0.4, 0.5) is 30.4 Å². The van der Waals surface area contributed by atoms with Crippen LogP contribution < -0.4 is 27.2 Å². The fourth-order valence-corrected chi connectivity index (χ4v) is 3.11. The lowest BCUT2D eigenvalue weighted by atomic mass is 10.2. The average molecular weight is 447 g/mol. The summed E-state index contributed by atoms with van der Waals surface area (Å²) >= 11 is 0. The minimum absolute atomic E-state index is 0.0805. The maximum Gasteiger partial charge on any atom is 0.416 e. The SMILES string of the molecule is CN(CC(=O)Nc1ccc(C(F)(F)F)cc1)c1c(N)n(Cc2ccccc2)c(=O)[nH]c1=O. The number of aromatic amines is 1. The number of H-pyrrole nitrogens is 1. The van der Waals surface area contributed by atoms with Crippen LogP contribution in [0.3, 0.4) is 0 Å². The lowest BCUT2D eigenvalue weighted by Gasteiger charge is -2.21. The van der Waals surface area contributed by atoms with Crippen molar-refractivity contribution in [2.75, 3.05) is 29.5 Å². The van der Waals surface area contributed by atoms with Crippen molar-refractivity contribution < 1.29 is 18.0 Å². The van der Waals surface area contributed by atoms with Gasteiger partial charge in [-0.05, 0) is 29.8 Å². The molecule has 0 aliphatic heterocycles. The van der Waals surface area contributed by atoms with E-state index in [0.717, 1.165) is 29.8 Å². The molecule has 1 amide bonds. The molecule has 32 heavy (non-hydrogen) atoms. The molecule has 11 heteroatoms. The van der Waals surface area contributed by atoms with Gasteiger partial charge in [-0.3, -0.25) is 19.1 Å². The summed E-state index contributed by atoms with van der Waals surface area (Å²) in [5.41, 5.74) is 4.65. The van der Waals surface area contributed by atoms with Crippen LogP contribution >= 0.6 is 0 Å². The van der Waals surface area contributed by atoms with E-state index in [4.69, 9.17) is 5.73 Å². The predicted octanol–water partition coefficient (Wildman–Crippen LogP) is 2.26. The smallest absolute Gasteiger partial charge is 0.383 e. The number of benzene rings is 2. The molecule has 2 aromatic carbocycles. The monoisotopic (exact) mass is 447 g/mol. The highest BCUT2D eigenvalue weighted by Gasteiger charge is 2.30. The van der Waals surface area contributed by atoms with Gasteiger partial charge in [-0.2, -0.15) is 13.2 Å². The van der Waals surface area contributed by atoms with E-state index >= 15 is 0 Å². The number of carbonyl (C=O) groups is 1. The molecule has 0 saturated heterocycles. The molecule has 0 fully saturated rings. The van der Waals surface area contributed by atoms with Gasteiger partial charge in [0.25, 0.3) is 5.56 Å². The van der Waals surface area contributed by atoms with Gasteiger partial charge in [0.2, 0.25) is 5.91 Å². The van der Waals surface area contributed by atoms with Crippen molar-refractivity contribution in [3.05, 3.63) is 86.6 Å². The van der Waals surface area contributed by atoms with Gasteiger partial charge >= 0.3 is 11.9 Å². The number of alkyl halides is 3. The fourth-order valence-electron chi connectivity index (χ4n) is 3.11. The quantitative estimate of drug-likeness (QED) is 0.537. The molecule has 1 aromatic heterocycles. The zero-order chi connectivity index (χ0) is 23.5. The maximum atomic E-state index is 12.7. The molecule has 1 heterocycles. The Hall–Kier alpha value is -4.02. The first-order valence-electron chi connectivity index (χ1n) is 9.41. The molecule has 0 aliphatic rings. The molecule has 0 bridgehead atoms. The van der Waals surface area contributed by atoms with Gasteiger partial charge in [0.1, 0.15) is 11.5 Å². The van der Waals surface area contributed by atoms with Gasteiger partial charge in [-0.15, -0.1) is 0 Å². The van der Waals surface area contributed by atoms with Gasteiger partial charge in [0.15, 0.2) is 0 Å². The Morgan fingerprint density at radius 3 is 2.31 bits per heavy atom. The Labute approximate surface area is 180 Å². The lowest BCUT2D eigenvalue weighted by Crippen LogP contribution is -2.39. The number of hydrogen-bond acceptors (Lipinski definition) is 5. The molecule has 0 saturated carbocycles. The van der Waals surface area contributed by atoms with Crippen LogP contribution in [0.5, 0.6) is 0 Å². The third-order valence-corrected chi connectivity index (χ3v) is 4.66. The number of hydrogen-bond donors (Lipinski definition) is 3. The molecule has 168 valence electrons. The van der Waals surface area contributed by atoms with E-state index in [2.05, 4.69) is 10.3 Å². The average Bonchev–Trinajstić information content (AvgIpc) is 2.71. The van der Waals surface area contributed by atoms with Crippen LogP contribution in [0.25, 0.3) is 0 Å². The highest BCUT2D eigenvalue weighted by molar-refractivity contribution is 5.94. The number of rotatable bonds is 6. The van der Waals surface area contributed by atoms with E-state index in [1.54, 1.807) is 24.3 Å². The lowest BCUT2D eigenvalue weighted by molar-refractivity contribution is -0.137. The Morgan fingerprint density at radius 2 is 1.72 bits per heavy atom. The van der Waals surface area contributed by atoms with Crippen LogP contribution in [0.2, 0.25) is 0 Å². The van der Waals surface area contributed by atoms with Gasteiger partial charge in [-0.1, -0.05) is 30.3 Å². The highest BCUT2D eigenvalue weighted by atomic mass is 19.4. The van der Waals surface area contributed by atoms with Crippen LogP contribution in [0.1, 0.15) is 11.1 Å². The van der Waals surface area contributed by atoms with E-state index in [0.29, 0.717) is 0 Å². The van der Waals surface area contributed by atoms with Gasteiger partial charge in [-0.25, -0.2) is 4.79 Å². The fraction of sp³-hybridized carbons (Fsp3) is 0.190. The Balaban J connectivity index is 1.77. The zero-order valence-corrected chi connectivity index (χ0v) is 16.9. The molecule has 0 radical (unpaired) electrons. The minimum Gasteiger partial charge on any atom is -0.383 e. The number of amides is 1. The van der Waals surface area contributed by atoms with E-state index in [9.17, 15) is 27.6 Å². The van der Waals surface area contributed by atoms with E-state index in [-0.39, 0.29) is 30.3 Å². The normalized spacial score (nSPS) is 11.2. The standard InChI is InChI=1S/C21H20F3N5O3/c1-28(12-16(30)26-15-9-7-14(8-10-15)21(22,23)24)17-18(25)29(20(32)27-19(17)31)11-13-5-3-2-4-6-13/h2-10H,11-12,25H2,1H3,(H,26,30)(H,27,31,32). The molecule has 3 aromatic rings. The van der Waals surface area contributed by atoms with E-state index in [1.807, 2.05) is 6.07 Å². The molecule has 0 unspecified atom stereocenters. The van der Waals surface area contributed by atoms with Crippen molar-refractivity contribution in [1.29, 1.82) is 0 Å². The van der Waals surface area contributed by atoms with Crippen molar-refractivity contribution in [3.63, 3.8) is 0 Å². The third kappa shape index (κ3) is 5.17. The summed E-state index contributed by atoms with van der Waals surface area (Å²) in [6.45, 7) is -0.223. The highest BCUT2D eigenvalue weighted by Crippen LogP contribution is 2.29. The molecule has 3 rings (SSSR count). The number of nitrogens with one attached hydrogen (secondary N) is 2. The molecular weight excluding hydrogens is 427 g/mol. The number of nitrogens with zero attached hydrogens (tertiary/aromatic N) is 2. The second kappa shape index (κ2) is 9.00. The first-order chi connectivity index (χ1) is 15.1. The van der Waals surface area contributed by atoms with E-state index in [1.165, 1.54) is 16.5 Å². The Morgan fingerprint density at radius 1 is 1.09 bits per heavy atom. The van der Waals surface area contributed by atoms with Crippen LogP contribution in [-0.4, -0.2) is 29.1 Å². The Bertz CT molecular complexity index is 1220. The van der Waals surface area contributed by atoms with Gasteiger partial charge in [0.05, 0.1) is 18.7 Å². The molecule has 0 atom stereocenters. The first-order valence-corrected chi connectivity index (χ1v) is 9.41. The summed E-state index contributed by atoms with van der Waals surface area (Å²) in [6.07, 6.45) is -4.48. The predicted molar refractivity (Wildman–Crippen MR) is 115 cm³/mol. The summed E-state index contributed by atoms with van der Waals surface area (Å²) in [4.78, 5) is 40.4. The van der Waals surface area contributed by atoms with Crippen molar-refractivity contribution in [3.8, 4) is 0 Å². The number of nitrogen functional groups attached to an aromatic ring is 1. The third-order valence-electron chi connectivity index (χ3n) is 4.66. The van der Waals surface area contributed by atoms with E-state index < -0.39 is 28.9 Å². The molecule has 0 aliphatic carbocycles. The number of aromatic nitrogens is 2. The molecule has 4 N–H and O–H groups in total. The second-order valence-corrected chi connectivity index (χ2v) is 7.04. The second-order valence-electron chi connectivity index (χ2n) is 7.04. The largest absolute Gasteiger partial charge is 0.416 e. The van der Waals surface area contributed by atoms with Crippen molar-refractivity contribution >= 4 is 23.1 Å². The van der Waals surface area contributed by atoms with Crippen molar-refractivity contribution in [2.24, 2.45) is 0 Å². The van der Waals surface area contributed by atoms with Crippen LogP contribution in [-0.2, 0) is 17.5 Å². The van der Waals surface area contributed by atoms with Crippen LogP contribution in [0.15, 0.2) is 64.2 Å². The summed E-state index contributed by atoms with van der Waals surface area (Å²) < 4.78 is 39.1. The maximum absolute atomic E-state index is 12.7. The topological polar surface area (TPSA) is 113 Å². The summed E-state index contributed by atoms with van der Waals surface area (Å²) in [5, 5.41) is 2.46. The van der Waals surface area contributed by atoms with Crippen LogP contribution in [0, 0.1) is 0 Å². The zero-order valence-electron chi connectivity index (χ0n) is 16.9. The van der Waals surface area contributed by atoms with Crippen molar-refractivity contribution in [2.45, 2.75) is 12.7 Å². The number of anilines is 3. The summed E-state index contributed by atoms with van der Waals surface area (Å²) in [7, 11) is 1.44.